The van der Waals surface area contributed by atoms with E-state index in [0.29, 0.717) is 5.82 Å². The van der Waals surface area contributed by atoms with Crippen molar-refractivity contribution in [1.82, 2.24) is 24.7 Å². The van der Waals surface area contributed by atoms with Crippen molar-refractivity contribution in [3.8, 4) is 28.2 Å². The van der Waals surface area contributed by atoms with Crippen LogP contribution >= 0.6 is 0 Å². The topological polar surface area (TPSA) is 56.5 Å². The summed E-state index contributed by atoms with van der Waals surface area (Å²) in [6.07, 6.45) is 6.71. The Morgan fingerprint density at radius 1 is 0.739 bits per heavy atom. The summed E-state index contributed by atoms with van der Waals surface area (Å²) in [4.78, 5) is 12.3. The van der Waals surface area contributed by atoms with Gasteiger partial charge in [-0.2, -0.15) is 5.10 Å². The van der Waals surface area contributed by atoms with Gasteiger partial charge in [-0.1, -0.05) is 30.3 Å². The molecule has 0 unspecified atom stereocenters. The minimum atomic E-state index is 0.676. The molecule has 110 valence electrons. The summed E-state index contributed by atoms with van der Waals surface area (Å²) in [7, 11) is 0. The van der Waals surface area contributed by atoms with E-state index in [0.717, 1.165) is 22.4 Å². The summed E-state index contributed by atoms with van der Waals surface area (Å²) in [6, 6.07) is 18.4. The van der Waals surface area contributed by atoms with Crippen LogP contribution in [0.15, 0.2) is 79.6 Å². The second kappa shape index (κ2) is 5.81. The third-order valence-electron chi connectivity index (χ3n) is 3.58. The summed E-state index contributed by atoms with van der Waals surface area (Å²) in [5.41, 5.74) is 4.26. The van der Waals surface area contributed by atoms with Crippen LogP contribution in [0.25, 0.3) is 28.2 Å². The minimum absolute atomic E-state index is 0.676. The first-order chi connectivity index (χ1) is 11.4. The molecule has 2 aromatic heterocycles. The van der Waals surface area contributed by atoms with Gasteiger partial charge < -0.3 is 0 Å². The molecule has 0 fully saturated rings. The number of benzene rings is 2. The number of nitrogens with zero attached hydrogens (tertiary/aromatic N) is 5. The molecular weight excluding hydrogens is 286 g/mol. The molecule has 5 heteroatoms. The average molecular weight is 299 g/mol. The molecule has 0 aliphatic carbocycles. The van der Waals surface area contributed by atoms with Gasteiger partial charge in [-0.25, -0.2) is 19.6 Å². The first-order valence-corrected chi connectivity index (χ1v) is 7.23. The molecule has 0 aliphatic heterocycles. The van der Waals surface area contributed by atoms with Crippen molar-refractivity contribution in [3.05, 3.63) is 79.6 Å². The van der Waals surface area contributed by atoms with Gasteiger partial charge in [-0.15, -0.1) is 0 Å². The molecule has 0 aliphatic rings. The van der Waals surface area contributed by atoms with Crippen molar-refractivity contribution in [2.45, 2.75) is 0 Å². The first kappa shape index (κ1) is 13.3. The van der Waals surface area contributed by atoms with Crippen LogP contribution in [0.1, 0.15) is 0 Å². The van der Waals surface area contributed by atoms with Crippen LogP contribution in [0.2, 0.25) is 0 Å². The molecule has 4 rings (SSSR count). The van der Waals surface area contributed by atoms with Gasteiger partial charge in [-0.05, 0) is 35.4 Å². The Balaban J connectivity index is 1.68. The van der Waals surface area contributed by atoms with Gasteiger partial charge in [0.1, 0.15) is 12.7 Å². The molecule has 0 bridgehead atoms. The van der Waals surface area contributed by atoms with Crippen molar-refractivity contribution in [1.29, 1.82) is 0 Å². The van der Waals surface area contributed by atoms with Gasteiger partial charge in [0.2, 0.25) is 0 Å². The summed E-state index contributed by atoms with van der Waals surface area (Å²) in [5, 5.41) is 4.24. The van der Waals surface area contributed by atoms with Crippen LogP contribution in [0.5, 0.6) is 0 Å². The van der Waals surface area contributed by atoms with E-state index in [1.54, 1.807) is 6.20 Å². The molecule has 0 saturated carbocycles. The highest BCUT2D eigenvalue weighted by Gasteiger charge is 2.04. The van der Waals surface area contributed by atoms with Crippen molar-refractivity contribution in [2.75, 3.05) is 0 Å². The molecule has 2 aromatic carbocycles. The van der Waals surface area contributed by atoms with E-state index in [2.05, 4.69) is 56.4 Å². The summed E-state index contributed by atoms with van der Waals surface area (Å²) >= 11 is 0. The molecule has 4 aromatic rings. The quantitative estimate of drug-likeness (QED) is 0.582. The van der Waals surface area contributed by atoms with Crippen molar-refractivity contribution in [2.24, 2.45) is 0 Å². The fourth-order valence-corrected chi connectivity index (χ4v) is 2.45. The Labute approximate surface area is 133 Å². The highest BCUT2D eigenvalue weighted by atomic mass is 15.3. The zero-order valence-electron chi connectivity index (χ0n) is 12.2. The molecule has 0 radical (unpaired) electrons. The van der Waals surface area contributed by atoms with Crippen LogP contribution in [-0.4, -0.2) is 24.7 Å². The van der Waals surface area contributed by atoms with Crippen molar-refractivity contribution in [3.63, 3.8) is 0 Å². The van der Waals surface area contributed by atoms with E-state index in [1.165, 1.54) is 12.7 Å². The van der Waals surface area contributed by atoms with Gasteiger partial charge in [-0.3, -0.25) is 0 Å². The Morgan fingerprint density at radius 3 is 2.26 bits per heavy atom. The van der Waals surface area contributed by atoms with Crippen molar-refractivity contribution < 1.29 is 0 Å². The molecule has 0 spiro atoms. The van der Waals surface area contributed by atoms with E-state index in [1.807, 2.05) is 29.1 Å². The molecule has 0 atom stereocenters. The largest absolute Gasteiger partial charge is 0.241 e. The third kappa shape index (κ3) is 2.72. The Morgan fingerprint density at radius 2 is 1.52 bits per heavy atom. The molecule has 0 saturated heterocycles. The van der Waals surface area contributed by atoms with Crippen LogP contribution in [-0.2, 0) is 0 Å². The van der Waals surface area contributed by atoms with E-state index in [9.17, 15) is 0 Å². The average Bonchev–Trinajstić information content (AvgIpc) is 3.17. The zero-order valence-corrected chi connectivity index (χ0v) is 12.2. The lowest BCUT2D eigenvalue weighted by Gasteiger charge is -2.06. The van der Waals surface area contributed by atoms with Gasteiger partial charge in [0.15, 0.2) is 5.82 Å². The predicted molar refractivity (Wildman–Crippen MR) is 87.8 cm³/mol. The lowest BCUT2D eigenvalue weighted by atomic mass is 10.0. The van der Waals surface area contributed by atoms with Crippen LogP contribution in [0.3, 0.4) is 0 Å². The van der Waals surface area contributed by atoms with E-state index < -0.39 is 0 Å². The minimum Gasteiger partial charge on any atom is -0.241 e. The lowest BCUT2D eigenvalue weighted by Crippen LogP contribution is -1.93. The van der Waals surface area contributed by atoms with Gasteiger partial charge in [0, 0.05) is 18.0 Å². The maximum Gasteiger partial charge on any atom is 0.162 e. The van der Waals surface area contributed by atoms with Crippen LogP contribution < -0.4 is 0 Å². The van der Waals surface area contributed by atoms with Gasteiger partial charge in [0.25, 0.3) is 0 Å². The fraction of sp³-hybridized carbons (Fsp3) is 0. The van der Waals surface area contributed by atoms with Gasteiger partial charge >= 0.3 is 0 Å². The summed E-state index contributed by atoms with van der Waals surface area (Å²) < 4.78 is 1.84. The molecule has 2 heterocycles. The maximum absolute atomic E-state index is 4.24. The summed E-state index contributed by atoms with van der Waals surface area (Å²) in [6.45, 7) is 0. The summed E-state index contributed by atoms with van der Waals surface area (Å²) in [5.74, 6) is 0.676. The van der Waals surface area contributed by atoms with Crippen LogP contribution in [0.4, 0.5) is 0 Å². The van der Waals surface area contributed by atoms with E-state index in [4.69, 9.17) is 0 Å². The monoisotopic (exact) mass is 299 g/mol. The maximum atomic E-state index is 4.24. The number of hydrogen-bond acceptors (Lipinski definition) is 4. The molecule has 0 N–H and O–H groups in total. The number of aromatic nitrogens is 5. The fourth-order valence-electron chi connectivity index (χ4n) is 2.45. The normalized spacial score (nSPS) is 10.6. The highest BCUT2D eigenvalue weighted by Crippen LogP contribution is 2.25. The Hall–Kier alpha value is -3.34. The highest BCUT2D eigenvalue weighted by molar-refractivity contribution is 5.70. The molecular formula is C18H13N5. The molecule has 5 nitrogen and oxygen atoms in total. The van der Waals surface area contributed by atoms with Crippen molar-refractivity contribution >= 4 is 0 Å². The number of rotatable bonds is 3. The lowest BCUT2D eigenvalue weighted by molar-refractivity contribution is 0.881. The second-order valence-electron chi connectivity index (χ2n) is 5.04. The second-order valence-corrected chi connectivity index (χ2v) is 5.04. The van der Waals surface area contributed by atoms with Gasteiger partial charge in [0.05, 0.1) is 5.69 Å². The van der Waals surface area contributed by atoms with E-state index in [-0.39, 0.29) is 0 Å². The Bertz CT molecular complexity index is 900. The molecule has 0 amide bonds. The SMILES string of the molecule is c1cc(-c2ccc(-n3cccn3)cc2)cc(-c2ncncn2)c1. The third-order valence-corrected chi connectivity index (χ3v) is 3.58. The van der Waals surface area contributed by atoms with E-state index >= 15 is 0 Å². The standard InChI is InChI=1S/C18H13N5/c1-3-15(11-16(4-1)18-20-12-19-13-21-18)14-5-7-17(8-6-14)23-10-2-9-22-23/h1-13H. The predicted octanol–water partition coefficient (Wildman–Crippen LogP) is 3.39. The smallest absolute Gasteiger partial charge is 0.162 e. The first-order valence-electron chi connectivity index (χ1n) is 7.23. The zero-order chi connectivity index (χ0) is 15.5. The molecule has 23 heavy (non-hydrogen) atoms. The Kier molecular flexibility index (Phi) is 3.37. The van der Waals surface area contributed by atoms with Crippen LogP contribution in [0, 0.1) is 0 Å². The number of hydrogen-bond donors (Lipinski definition) is 0.